The molecule has 0 radical (unpaired) electrons. The molecule has 0 aromatic carbocycles. The Morgan fingerprint density at radius 1 is 1.29 bits per heavy atom. The molecule has 0 bridgehead atoms. The van der Waals surface area contributed by atoms with Gasteiger partial charge in [0.05, 0.1) is 25.3 Å². The Bertz CT molecular complexity index is 849. The highest BCUT2D eigenvalue weighted by atomic mass is 32.1. The predicted molar refractivity (Wildman–Crippen MR) is 82.3 cm³/mol. The van der Waals surface area contributed by atoms with Crippen molar-refractivity contribution in [1.29, 1.82) is 0 Å². The Morgan fingerprint density at radius 3 is 3.10 bits per heavy atom. The first-order chi connectivity index (χ1) is 10.4. The van der Waals surface area contributed by atoms with E-state index in [4.69, 9.17) is 4.42 Å². The smallest absolute Gasteiger partial charge is 0.165 e. The summed E-state index contributed by atoms with van der Waals surface area (Å²) < 4.78 is 6.95. The van der Waals surface area contributed by atoms with Crippen molar-refractivity contribution in [2.24, 2.45) is 0 Å². The lowest BCUT2D eigenvalue weighted by atomic mass is 10.2. The molecule has 0 amide bonds. The van der Waals surface area contributed by atoms with Crippen LogP contribution in [0, 0.1) is 0 Å². The molecule has 4 aromatic heterocycles. The van der Waals surface area contributed by atoms with E-state index in [-0.39, 0.29) is 0 Å². The first kappa shape index (κ1) is 12.2. The minimum absolute atomic E-state index is 0.775. The molecule has 104 valence electrons. The summed E-state index contributed by atoms with van der Waals surface area (Å²) >= 11 is 1.73. The third-order valence-corrected chi connectivity index (χ3v) is 4.13. The molecular formula is C15H12N4OS. The molecule has 4 aromatic rings. The second-order valence-electron chi connectivity index (χ2n) is 4.57. The monoisotopic (exact) mass is 296 g/mol. The van der Waals surface area contributed by atoms with Gasteiger partial charge in [0.1, 0.15) is 5.82 Å². The average molecular weight is 296 g/mol. The van der Waals surface area contributed by atoms with Crippen LogP contribution < -0.4 is 5.32 Å². The molecule has 4 rings (SSSR count). The van der Waals surface area contributed by atoms with Gasteiger partial charge < -0.3 is 9.73 Å². The highest BCUT2D eigenvalue weighted by Gasteiger charge is 2.11. The molecule has 0 spiro atoms. The fourth-order valence-electron chi connectivity index (χ4n) is 2.24. The average Bonchev–Trinajstić information content (AvgIpc) is 3.24. The highest BCUT2D eigenvalue weighted by molar-refractivity contribution is 7.09. The van der Waals surface area contributed by atoms with Gasteiger partial charge in [-0.3, -0.25) is 0 Å². The number of fused-ring (bicyclic) bond motifs is 1. The van der Waals surface area contributed by atoms with Crippen LogP contribution in [0.25, 0.3) is 16.8 Å². The summed E-state index contributed by atoms with van der Waals surface area (Å²) in [6.45, 7) is 0.775. The molecule has 21 heavy (non-hydrogen) atoms. The van der Waals surface area contributed by atoms with Gasteiger partial charge in [-0.05, 0) is 23.6 Å². The zero-order chi connectivity index (χ0) is 14.1. The van der Waals surface area contributed by atoms with E-state index in [9.17, 15) is 0 Å². The van der Waals surface area contributed by atoms with E-state index in [2.05, 4.69) is 32.9 Å². The number of thiophene rings is 1. The molecule has 4 heterocycles. The molecule has 0 aliphatic rings. The van der Waals surface area contributed by atoms with Crippen molar-refractivity contribution >= 4 is 22.8 Å². The topological polar surface area (TPSA) is 55.4 Å². The van der Waals surface area contributed by atoms with Gasteiger partial charge in [-0.2, -0.15) is 9.61 Å². The van der Waals surface area contributed by atoms with Gasteiger partial charge >= 0.3 is 0 Å². The summed E-state index contributed by atoms with van der Waals surface area (Å²) in [6, 6.07) is 7.99. The largest absolute Gasteiger partial charge is 0.472 e. The Kier molecular flexibility index (Phi) is 2.93. The van der Waals surface area contributed by atoms with Crippen LogP contribution in [0.3, 0.4) is 0 Å². The number of nitrogens with one attached hydrogen (secondary N) is 1. The molecule has 0 aliphatic carbocycles. The van der Waals surface area contributed by atoms with Crippen molar-refractivity contribution < 1.29 is 4.42 Å². The van der Waals surface area contributed by atoms with Crippen molar-refractivity contribution in [3.8, 4) is 11.1 Å². The Hall–Kier alpha value is -2.60. The van der Waals surface area contributed by atoms with Crippen molar-refractivity contribution in [3.63, 3.8) is 0 Å². The van der Waals surface area contributed by atoms with Gasteiger partial charge in [-0.25, -0.2) is 4.98 Å². The van der Waals surface area contributed by atoms with E-state index in [0.29, 0.717) is 0 Å². The third kappa shape index (κ3) is 2.19. The van der Waals surface area contributed by atoms with Crippen molar-refractivity contribution in [3.05, 3.63) is 59.4 Å². The maximum atomic E-state index is 5.13. The molecule has 5 nitrogen and oxygen atoms in total. The molecule has 1 N–H and O–H groups in total. The zero-order valence-electron chi connectivity index (χ0n) is 11.1. The van der Waals surface area contributed by atoms with E-state index in [0.717, 1.165) is 29.1 Å². The third-order valence-electron chi connectivity index (χ3n) is 3.26. The normalized spacial score (nSPS) is 11.0. The van der Waals surface area contributed by atoms with Crippen LogP contribution in [0.5, 0.6) is 0 Å². The van der Waals surface area contributed by atoms with E-state index in [1.54, 1.807) is 30.1 Å². The van der Waals surface area contributed by atoms with E-state index < -0.39 is 0 Å². The van der Waals surface area contributed by atoms with Gasteiger partial charge in [0, 0.05) is 22.2 Å². The van der Waals surface area contributed by atoms with Gasteiger partial charge in [-0.15, -0.1) is 11.3 Å². The van der Waals surface area contributed by atoms with Gasteiger partial charge in [0.15, 0.2) is 5.65 Å². The maximum absolute atomic E-state index is 5.13. The highest BCUT2D eigenvalue weighted by Crippen LogP contribution is 2.25. The molecule has 0 saturated carbocycles. The maximum Gasteiger partial charge on any atom is 0.165 e. The number of aromatic nitrogens is 3. The van der Waals surface area contributed by atoms with Gasteiger partial charge in [0.25, 0.3) is 0 Å². The summed E-state index contributed by atoms with van der Waals surface area (Å²) in [5.41, 5.74) is 2.75. The van der Waals surface area contributed by atoms with Crippen LogP contribution in [-0.2, 0) is 6.54 Å². The zero-order valence-corrected chi connectivity index (χ0v) is 11.9. The van der Waals surface area contributed by atoms with Gasteiger partial charge in [-0.1, -0.05) is 6.07 Å². The number of hydrogen-bond acceptors (Lipinski definition) is 5. The van der Waals surface area contributed by atoms with Crippen LogP contribution in [-0.4, -0.2) is 14.6 Å². The van der Waals surface area contributed by atoms with Crippen molar-refractivity contribution in [1.82, 2.24) is 14.6 Å². The summed E-state index contributed by atoms with van der Waals surface area (Å²) in [4.78, 5) is 5.70. The van der Waals surface area contributed by atoms with Crippen molar-refractivity contribution in [2.45, 2.75) is 6.54 Å². The van der Waals surface area contributed by atoms with Crippen LogP contribution in [0.1, 0.15) is 4.88 Å². The molecule has 0 atom stereocenters. The quantitative estimate of drug-likeness (QED) is 0.624. The first-order valence-corrected chi connectivity index (χ1v) is 7.41. The second-order valence-corrected chi connectivity index (χ2v) is 5.60. The fraction of sp³-hybridized carbons (Fsp3) is 0.0667. The van der Waals surface area contributed by atoms with Crippen LogP contribution in [0.2, 0.25) is 0 Å². The Labute approximate surface area is 124 Å². The first-order valence-electron chi connectivity index (χ1n) is 6.53. The molecular weight excluding hydrogens is 284 g/mol. The summed E-state index contributed by atoms with van der Waals surface area (Å²) in [6.07, 6.45) is 6.95. The van der Waals surface area contributed by atoms with E-state index in [1.807, 2.05) is 22.8 Å². The number of furan rings is 1. The van der Waals surface area contributed by atoms with E-state index in [1.165, 1.54) is 4.88 Å². The second kappa shape index (κ2) is 5.06. The van der Waals surface area contributed by atoms with E-state index >= 15 is 0 Å². The molecule has 0 saturated heterocycles. The van der Waals surface area contributed by atoms with Crippen LogP contribution in [0.4, 0.5) is 5.82 Å². The molecule has 0 unspecified atom stereocenters. The summed E-state index contributed by atoms with van der Waals surface area (Å²) in [7, 11) is 0. The number of nitrogens with zero attached hydrogens (tertiary/aromatic N) is 3. The predicted octanol–water partition coefficient (Wildman–Crippen LogP) is 3.66. The summed E-state index contributed by atoms with van der Waals surface area (Å²) in [5.74, 6) is 0.920. The Morgan fingerprint density at radius 2 is 2.29 bits per heavy atom. The lowest BCUT2D eigenvalue weighted by molar-refractivity contribution is 0.568. The minimum atomic E-state index is 0.775. The molecule has 6 heteroatoms. The number of anilines is 1. The van der Waals surface area contributed by atoms with Crippen molar-refractivity contribution in [2.75, 3.05) is 5.32 Å². The van der Waals surface area contributed by atoms with Crippen LogP contribution in [0.15, 0.2) is 59.0 Å². The fourth-order valence-corrected chi connectivity index (χ4v) is 2.88. The molecule has 0 fully saturated rings. The number of hydrogen-bond donors (Lipinski definition) is 1. The Balaban J connectivity index is 1.70. The van der Waals surface area contributed by atoms with Gasteiger partial charge in [0.2, 0.25) is 0 Å². The lowest BCUT2D eigenvalue weighted by Gasteiger charge is -2.06. The van der Waals surface area contributed by atoms with Crippen LogP contribution >= 0.6 is 11.3 Å². The minimum Gasteiger partial charge on any atom is -0.472 e. The lowest BCUT2D eigenvalue weighted by Crippen LogP contribution is -2.04. The SMILES string of the molecule is c1csc(CNc2ccnc3c(-c4ccoc4)cnn23)c1. The molecule has 0 aliphatic heterocycles. The summed E-state index contributed by atoms with van der Waals surface area (Å²) in [5, 5.41) is 9.90. The number of rotatable bonds is 4. The standard InChI is InChI=1S/C15H12N4OS/c1-2-12(21-7-1)8-17-14-3-5-16-15-13(9-18-19(14)15)11-4-6-20-10-11/h1-7,9-10,17H,8H2.